The van der Waals surface area contributed by atoms with Gasteiger partial charge in [0.25, 0.3) is 0 Å². The van der Waals surface area contributed by atoms with Crippen LogP contribution in [0.25, 0.3) is 0 Å². The SMILES string of the molecule is COC(=O)C(C)(C)COc1ccc(CCCO)cn1. The van der Waals surface area contributed by atoms with Gasteiger partial charge in [0.05, 0.1) is 12.5 Å². The lowest BCUT2D eigenvalue weighted by Gasteiger charge is -2.21. The molecule has 0 saturated carbocycles. The second-order valence-corrected chi connectivity index (χ2v) is 5.00. The molecule has 1 aromatic rings. The summed E-state index contributed by atoms with van der Waals surface area (Å²) in [7, 11) is 1.36. The Hall–Kier alpha value is -1.62. The number of esters is 1. The van der Waals surface area contributed by atoms with Gasteiger partial charge in [-0.05, 0) is 32.3 Å². The zero-order valence-electron chi connectivity index (χ0n) is 11.7. The number of carbonyl (C=O) groups excluding carboxylic acids is 1. The molecule has 0 fully saturated rings. The molecule has 1 N–H and O–H groups in total. The number of rotatable bonds is 7. The van der Waals surface area contributed by atoms with Crippen LogP contribution < -0.4 is 4.74 Å². The molecule has 0 aromatic carbocycles. The number of aryl methyl sites for hydroxylation is 1. The largest absolute Gasteiger partial charge is 0.476 e. The molecule has 0 aliphatic carbocycles. The lowest BCUT2D eigenvalue weighted by atomic mass is 9.95. The summed E-state index contributed by atoms with van der Waals surface area (Å²) in [6, 6.07) is 3.67. The second kappa shape index (κ2) is 7.09. The van der Waals surface area contributed by atoms with Crippen LogP contribution in [0.2, 0.25) is 0 Å². The van der Waals surface area contributed by atoms with Crippen LogP contribution in [-0.4, -0.2) is 36.4 Å². The minimum Gasteiger partial charge on any atom is -0.476 e. The molecule has 5 nitrogen and oxygen atoms in total. The highest BCUT2D eigenvalue weighted by atomic mass is 16.5. The summed E-state index contributed by atoms with van der Waals surface area (Å²) in [4.78, 5) is 15.6. The number of aliphatic hydroxyl groups excluding tert-OH is 1. The highest BCUT2D eigenvalue weighted by Crippen LogP contribution is 2.19. The summed E-state index contributed by atoms with van der Waals surface area (Å²) in [5.41, 5.74) is 0.347. The van der Waals surface area contributed by atoms with Crippen LogP contribution in [0.3, 0.4) is 0 Å². The monoisotopic (exact) mass is 267 g/mol. The fourth-order valence-electron chi connectivity index (χ4n) is 1.52. The second-order valence-electron chi connectivity index (χ2n) is 5.00. The Kier molecular flexibility index (Phi) is 5.76. The number of hydrogen-bond acceptors (Lipinski definition) is 5. The van der Waals surface area contributed by atoms with E-state index in [0.717, 1.165) is 18.4 Å². The predicted octanol–water partition coefficient (Wildman–Crippen LogP) is 1.58. The molecule has 0 saturated heterocycles. The van der Waals surface area contributed by atoms with Crippen molar-refractivity contribution >= 4 is 5.97 Å². The van der Waals surface area contributed by atoms with Gasteiger partial charge in [0.15, 0.2) is 0 Å². The maximum Gasteiger partial charge on any atom is 0.314 e. The number of methoxy groups -OCH3 is 1. The summed E-state index contributed by atoms with van der Waals surface area (Å²) >= 11 is 0. The first-order valence-corrected chi connectivity index (χ1v) is 6.26. The molecule has 0 aliphatic rings. The number of aliphatic hydroxyl groups is 1. The van der Waals surface area contributed by atoms with Gasteiger partial charge in [0.1, 0.15) is 6.61 Å². The van der Waals surface area contributed by atoms with Gasteiger partial charge in [-0.25, -0.2) is 4.98 Å². The van der Waals surface area contributed by atoms with Crippen molar-refractivity contribution in [1.82, 2.24) is 4.98 Å². The molecule has 0 unspecified atom stereocenters. The summed E-state index contributed by atoms with van der Waals surface area (Å²) < 4.78 is 10.2. The van der Waals surface area contributed by atoms with Crippen LogP contribution >= 0.6 is 0 Å². The van der Waals surface area contributed by atoms with Crippen LogP contribution in [0.4, 0.5) is 0 Å². The Bertz CT molecular complexity index is 400. The van der Waals surface area contributed by atoms with E-state index in [0.29, 0.717) is 5.88 Å². The first-order valence-electron chi connectivity index (χ1n) is 6.26. The number of carbonyl (C=O) groups is 1. The minimum absolute atomic E-state index is 0.172. The van der Waals surface area contributed by atoms with Gasteiger partial charge in [0.2, 0.25) is 5.88 Å². The topological polar surface area (TPSA) is 68.7 Å². The standard InChI is InChI=1S/C14H21NO4/c1-14(2,13(17)18-3)10-19-12-7-6-11(9-15-12)5-4-8-16/h6-7,9,16H,4-5,8,10H2,1-3H3. The quantitative estimate of drug-likeness (QED) is 0.760. The molecule has 19 heavy (non-hydrogen) atoms. The molecule has 0 atom stereocenters. The van der Waals surface area contributed by atoms with E-state index in [2.05, 4.69) is 4.98 Å². The third-order valence-electron chi connectivity index (χ3n) is 2.74. The van der Waals surface area contributed by atoms with Gasteiger partial charge in [-0.1, -0.05) is 6.07 Å². The Labute approximate surface area is 113 Å². The van der Waals surface area contributed by atoms with Gasteiger partial charge < -0.3 is 14.6 Å². The summed E-state index contributed by atoms with van der Waals surface area (Å²) in [6.07, 6.45) is 3.23. The molecule has 106 valence electrons. The summed E-state index contributed by atoms with van der Waals surface area (Å²) in [5, 5.41) is 8.74. The van der Waals surface area contributed by atoms with E-state index in [-0.39, 0.29) is 19.2 Å². The molecule has 0 aliphatic heterocycles. The van der Waals surface area contributed by atoms with Crippen LogP contribution in [-0.2, 0) is 16.0 Å². The molecule has 1 heterocycles. The fraction of sp³-hybridized carbons (Fsp3) is 0.571. The van der Waals surface area contributed by atoms with Crippen LogP contribution in [0, 0.1) is 5.41 Å². The zero-order chi connectivity index (χ0) is 14.3. The van der Waals surface area contributed by atoms with Gasteiger partial charge in [-0.2, -0.15) is 0 Å². The summed E-state index contributed by atoms with van der Waals surface area (Å²) in [5.74, 6) is 0.164. The molecule has 1 aromatic heterocycles. The van der Waals surface area contributed by atoms with E-state index in [1.807, 2.05) is 6.07 Å². The zero-order valence-corrected chi connectivity index (χ0v) is 11.7. The number of hydrogen-bond donors (Lipinski definition) is 1. The highest BCUT2D eigenvalue weighted by Gasteiger charge is 2.29. The molecule has 1 rings (SSSR count). The molecule has 0 amide bonds. The number of aromatic nitrogens is 1. The first-order chi connectivity index (χ1) is 8.99. The van der Waals surface area contributed by atoms with E-state index < -0.39 is 5.41 Å². The van der Waals surface area contributed by atoms with Crippen LogP contribution in [0.15, 0.2) is 18.3 Å². The number of pyridine rings is 1. The third-order valence-corrected chi connectivity index (χ3v) is 2.74. The normalized spacial score (nSPS) is 11.2. The van der Waals surface area contributed by atoms with Crippen molar-refractivity contribution in [3.05, 3.63) is 23.9 Å². The third kappa shape index (κ3) is 4.87. The van der Waals surface area contributed by atoms with Gasteiger partial charge in [0, 0.05) is 18.9 Å². The minimum atomic E-state index is -0.702. The Balaban J connectivity index is 2.52. The lowest BCUT2D eigenvalue weighted by molar-refractivity contribution is -0.152. The molecule has 0 radical (unpaired) electrons. The Morgan fingerprint density at radius 3 is 2.68 bits per heavy atom. The molecule has 0 bridgehead atoms. The van der Waals surface area contributed by atoms with Crippen molar-refractivity contribution in [2.75, 3.05) is 20.3 Å². The van der Waals surface area contributed by atoms with Crippen molar-refractivity contribution in [1.29, 1.82) is 0 Å². The average molecular weight is 267 g/mol. The van der Waals surface area contributed by atoms with E-state index in [9.17, 15) is 4.79 Å². The van der Waals surface area contributed by atoms with E-state index in [1.165, 1.54) is 7.11 Å². The van der Waals surface area contributed by atoms with Crippen molar-refractivity contribution in [2.45, 2.75) is 26.7 Å². The number of nitrogens with zero attached hydrogens (tertiary/aromatic N) is 1. The Morgan fingerprint density at radius 1 is 1.42 bits per heavy atom. The van der Waals surface area contributed by atoms with Crippen molar-refractivity contribution in [3.63, 3.8) is 0 Å². The molecular formula is C14H21NO4. The smallest absolute Gasteiger partial charge is 0.314 e. The van der Waals surface area contributed by atoms with Crippen molar-refractivity contribution in [3.8, 4) is 5.88 Å². The fourth-order valence-corrected chi connectivity index (χ4v) is 1.52. The summed E-state index contributed by atoms with van der Waals surface area (Å²) in [6.45, 7) is 3.90. The van der Waals surface area contributed by atoms with Crippen LogP contribution in [0.1, 0.15) is 25.8 Å². The van der Waals surface area contributed by atoms with Crippen LogP contribution in [0.5, 0.6) is 5.88 Å². The Morgan fingerprint density at radius 2 is 2.16 bits per heavy atom. The highest BCUT2D eigenvalue weighted by molar-refractivity contribution is 5.75. The molecular weight excluding hydrogens is 246 g/mol. The molecule has 5 heteroatoms. The molecule has 0 spiro atoms. The van der Waals surface area contributed by atoms with Crippen molar-refractivity contribution < 1.29 is 19.4 Å². The van der Waals surface area contributed by atoms with E-state index in [4.69, 9.17) is 14.6 Å². The maximum atomic E-state index is 11.5. The predicted molar refractivity (Wildman–Crippen MR) is 70.9 cm³/mol. The van der Waals surface area contributed by atoms with Gasteiger partial charge >= 0.3 is 5.97 Å². The van der Waals surface area contributed by atoms with Gasteiger partial charge in [-0.15, -0.1) is 0 Å². The maximum absolute atomic E-state index is 11.5. The van der Waals surface area contributed by atoms with Crippen molar-refractivity contribution in [2.24, 2.45) is 5.41 Å². The van der Waals surface area contributed by atoms with Gasteiger partial charge in [-0.3, -0.25) is 4.79 Å². The van der Waals surface area contributed by atoms with E-state index in [1.54, 1.807) is 26.1 Å². The van der Waals surface area contributed by atoms with E-state index >= 15 is 0 Å². The lowest BCUT2D eigenvalue weighted by Crippen LogP contribution is -2.32. The number of ether oxygens (including phenoxy) is 2. The average Bonchev–Trinajstić information content (AvgIpc) is 2.43. The first kappa shape index (κ1) is 15.4.